The molecule has 0 aromatic heterocycles. The van der Waals surface area contributed by atoms with Gasteiger partial charge in [-0.15, -0.1) is 0 Å². The molecular weight excluding hydrogens is 394 g/mol. The zero-order chi connectivity index (χ0) is 22.1. The Bertz CT molecular complexity index is 1350. The number of amides is 2. The van der Waals surface area contributed by atoms with E-state index in [-0.39, 0.29) is 11.8 Å². The molecule has 0 saturated heterocycles. The van der Waals surface area contributed by atoms with Crippen LogP contribution in [0.2, 0.25) is 0 Å². The van der Waals surface area contributed by atoms with E-state index in [4.69, 9.17) is 0 Å². The van der Waals surface area contributed by atoms with Gasteiger partial charge in [0.25, 0.3) is 11.8 Å². The minimum absolute atomic E-state index is 0.307. The van der Waals surface area contributed by atoms with Gasteiger partial charge in [-0.3, -0.25) is 9.59 Å². The zero-order valence-electron chi connectivity index (χ0n) is 17.7. The van der Waals surface area contributed by atoms with Crippen LogP contribution in [0.25, 0.3) is 33.4 Å². The summed E-state index contributed by atoms with van der Waals surface area (Å²) in [7, 11) is 0. The maximum absolute atomic E-state index is 11.9. The van der Waals surface area contributed by atoms with Crippen molar-refractivity contribution in [3.63, 3.8) is 0 Å². The van der Waals surface area contributed by atoms with Gasteiger partial charge in [0.1, 0.15) is 0 Å². The smallest absolute Gasteiger partial charge is 0.258 e. The van der Waals surface area contributed by atoms with Crippen LogP contribution in [-0.2, 0) is 9.59 Å². The molecule has 3 nitrogen and oxygen atoms in total. The quantitative estimate of drug-likeness (QED) is 0.360. The van der Waals surface area contributed by atoms with Crippen LogP contribution in [0.1, 0.15) is 5.56 Å². The molecule has 32 heavy (non-hydrogen) atoms. The van der Waals surface area contributed by atoms with Crippen molar-refractivity contribution in [2.75, 3.05) is 4.90 Å². The lowest BCUT2D eigenvalue weighted by molar-refractivity contribution is -0.119. The van der Waals surface area contributed by atoms with Crippen molar-refractivity contribution in [3.8, 4) is 33.4 Å². The summed E-state index contributed by atoms with van der Waals surface area (Å²) in [6.45, 7) is 2.11. The van der Waals surface area contributed by atoms with E-state index >= 15 is 0 Å². The molecule has 0 N–H and O–H groups in total. The summed E-state index contributed by atoms with van der Waals surface area (Å²) in [5, 5.41) is 0. The third kappa shape index (κ3) is 3.77. The van der Waals surface area contributed by atoms with E-state index in [9.17, 15) is 9.59 Å². The minimum atomic E-state index is -0.307. The third-order valence-electron chi connectivity index (χ3n) is 5.68. The molecule has 1 aliphatic rings. The Balaban J connectivity index is 1.45. The predicted octanol–water partition coefficient (Wildman–Crippen LogP) is 6.43. The molecule has 3 heteroatoms. The van der Waals surface area contributed by atoms with Crippen LogP contribution in [0.15, 0.2) is 109 Å². The van der Waals surface area contributed by atoms with E-state index in [1.54, 1.807) is 0 Å². The second kappa shape index (κ2) is 8.12. The Morgan fingerprint density at radius 1 is 0.500 bits per heavy atom. The van der Waals surface area contributed by atoms with Crippen LogP contribution >= 0.6 is 0 Å². The van der Waals surface area contributed by atoms with Crippen molar-refractivity contribution >= 4 is 17.5 Å². The van der Waals surface area contributed by atoms with Crippen LogP contribution in [0.3, 0.4) is 0 Å². The lowest BCUT2D eigenvalue weighted by Gasteiger charge is -2.14. The number of aryl methyl sites for hydroxylation is 1. The molecule has 4 aromatic carbocycles. The van der Waals surface area contributed by atoms with Crippen LogP contribution in [-0.4, -0.2) is 11.8 Å². The first-order valence-corrected chi connectivity index (χ1v) is 10.5. The Morgan fingerprint density at radius 3 is 1.44 bits per heavy atom. The highest BCUT2D eigenvalue weighted by atomic mass is 16.2. The van der Waals surface area contributed by atoms with E-state index in [0.717, 1.165) is 22.3 Å². The van der Waals surface area contributed by atoms with E-state index in [1.807, 2.05) is 24.3 Å². The summed E-state index contributed by atoms with van der Waals surface area (Å²) in [5.41, 5.74) is 8.61. The molecule has 5 rings (SSSR count). The Morgan fingerprint density at radius 2 is 0.938 bits per heavy atom. The Hall–Kier alpha value is -4.24. The molecule has 0 unspecified atom stereocenters. The molecule has 0 bridgehead atoms. The van der Waals surface area contributed by atoms with E-state index in [0.29, 0.717) is 5.69 Å². The lowest BCUT2D eigenvalue weighted by Crippen LogP contribution is -2.29. The van der Waals surface area contributed by atoms with Gasteiger partial charge in [0.05, 0.1) is 5.69 Å². The maximum atomic E-state index is 11.9. The van der Waals surface area contributed by atoms with Gasteiger partial charge in [-0.05, 0) is 64.6 Å². The third-order valence-corrected chi connectivity index (χ3v) is 5.68. The van der Waals surface area contributed by atoms with Crippen molar-refractivity contribution < 1.29 is 9.59 Å². The standard InChI is InChI=1S/C29H21NO2/c1-20-5-2-6-22(17-20)24-8-4-10-26(19-24)25-9-3-7-23(18-25)21-11-13-27(14-12-21)30-28(31)15-16-29(30)32/h2-19H,1H3. The number of carbonyl (C=O) groups excluding carboxylic acids is 2. The van der Waals surface area contributed by atoms with Crippen LogP contribution in [0.4, 0.5) is 5.69 Å². The fourth-order valence-corrected chi connectivity index (χ4v) is 4.04. The number of rotatable bonds is 4. The minimum Gasteiger partial charge on any atom is -0.269 e. The van der Waals surface area contributed by atoms with Crippen molar-refractivity contribution in [3.05, 3.63) is 115 Å². The topological polar surface area (TPSA) is 37.4 Å². The normalized spacial score (nSPS) is 13.1. The Labute approximate surface area is 187 Å². The van der Waals surface area contributed by atoms with Crippen molar-refractivity contribution in [1.82, 2.24) is 0 Å². The molecule has 4 aromatic rings. The molecular formula is C29H21NO2. The SMILES string of the molecule is Cc1cccc(-c2cccc(-c3cccc(-c4ccc(N5C(=O)C=CC5=O)cc4)c3)c2)c1. The summed E-state index contributed by atoms with van der Waals surface area (Å²) >= 11 is 0. The first kappa shape index (κ1) is 19.7. The molecule has 0 atom stereocenters. The lowest BCUT2D eigenvalue weighted by atomic mass is 9.96. The van der Waals surface area contributed by atoms with Gasteiger partial charge in [0.15, 0.2) is 0 Å². The first-order chi connectivity index (χ1) is 15.6. The van der Waals surface area contributed by atoms with Crippen molar-refractivity contribution in [2.45, 2.75) is 6.92 Å². The van der Waals surface area contributed by atoms with Gasteiger partial charge in [0.2, 0.25) is 0 Å². The predicted molar refractivity (Wildman–Crippen MR) is 129 cm³/mol. The highest BCUT2D eigenvalue weighted by molar-refractivity contribution is 6.28. The molecule has 1 aliphatic heterocycles. The maximum Gasteiger partial charge on any atom is 0.258 e. The summed E-state index contributed by atoms with van der Waals surface area (Å²) in [4.78, 5) is 25.0. The van der Waals surface area contributed by atoms with E-state index < -0.39 is 0 Å². The average molecular weight is 415 g/mol. The highest BCUT2D eigenvalue weighted by Gasteiger charge is 2.24. The van der Waals surface area contributed by atoms with Crippen molar-refractivity contribution in [1.29, 1.82) is 0 Å². The van der Waals surface area contributed by atoms with Gasteiger partial charge in [0, 0.05) is 12.2 Å². The van der Waals surface area contributed by atoms with Gasteiger partial charge < -0.3 is 0 Å². The molecule has 0 spiro atoms. The van der Waals surface area contributed by atoms with Crippen LogP contribution in [0.5, 0.6) is 0 Å². The van der Waals surface area contributed by atoms with Gasteiger partial charge in [-0.2, -0.15) is 0 Å². The molecule has 0 saturated carbocycles. The van der Waals surface area contributed by atoms with Gasteiger partial charge in [-0.25, -0.2) is 4.90 Å². The van der Waals surface area contributed by atoms with Crippen LogP contribution in [0, 0.1) is 6.92 Å². The van der Waals surface area contributed by atoms with E-state index in [1.165, 1.54) is 33.7 Å². The molecule has 1 heterocycles. The number of hydrogen-bond acceptors (Lipinski definition) is 2. The number of anilines is 1. The number of hydrogen-bond donors (Lipinski definition) is 0. The monoisotopic (exact) mass is 415 g/mol. The molecule has 0 fully saturated rings. The number of carbonyl (C=O) groups is 2. The second-order valence-electron chi connectivity index (χ2n) is 7.92. The summed E-state index contributed by atoms with van der Waals surface area (Å²) in [6, 6.07) is 33.0. The number of nitrogens with zero attached hydrogens (tertiary/aromatic N) is 1. The fourth-order valence-electron chi connectivity index (χ4n) is 4.04. The number of benzene rings is 4. The average Bonchev–Trinajstić information content (AvgIpc) is 3.17. The zero-order valence-corrected chi connectivity index (χ0v) is 17.7. The molecule has 0 aliphatic carbocycles. The summed E-state index contributed by atoms with van der Waals surface area (Å²) < 4.78 is 0. The second-order valence-corrected chi connectivity index (χ2v) is 7.92. The largest absolute Gasteiger partial charge is 0.269 e. The molecule has 154 valence electrons. The highest BCUT2D eigenvalue weighted by Crippen LogP contribution is 2.31. The van der Waals surface area contributed by atoms with Crippen molar-refractivity contribution in [2.24, 2.45) is 0 Å². The first-order valence-electron chi connectivity index (χ1n) is 10.5. The van der Waals surface area contributed by atoms with Crippen LogP contribution < -0.4 is 4.90 Å². The Kier molecular flexibility index (Phi) is 5.00. The molecule has 0 radical (unpaired) electrons. The van der Waals surface area contributed by atoms with Gasteiger partial charge in [-0.1, -0.05) is 78.4 Å². The molecule has 2 amide bonds. The van der Waals surface area contributed by atoms with Gasteiger partial charge >= 0.3 is 0 Å². The summed E-state index contributed by atoms with van der Waals surface area (Å²) in [6.07, 6.45) is 2.59. The fraction of sp³-hybridized carbons (Fsp3) is 0.0345. The number of imide groups is 1. The van der Waals surface area contributed by atoms with E-state index in [2.05, 4.69) is 79.7 Å². The summed E-state index contributed by atoms with van der Waals surface area (Å²) in [5.74, 6) is -0.614.